The molecule has 0 radical (unpaired) electrons. The van der Waals surface area contributed by atoms with Gasteiger partial charge in [-0.25, -0.2) is 4.79 Å². The van der Waals surface area contributed by atoms with Crippen LogP contribution in [0.15, 0.2) is 30.5 Å². The molecule has 0 saturated carbocycles. The predicted molar refractivity (Wildman–Crippen MR) is 79.0 cm³/mol. The molecule has 2 heterocycles. The Labute approximate surface area is 127 Å². The van der Waals surface area contributed by atoms with Gasteiger partial charge in [-0.3, -0.25) is 10.00 Å². The number of rotatable bonds is 4. The van der Waals surface area contributed by atoms with Crippen molar-refractivity contribution < 1.29 is 14.3 Å². The van der Waals surface area contributed by atoms with Gasteiger partial charge in [-0.05, 0) is 12.1 Å². The van der Waals surface area contributed by atoms with Crippen molar-refractivity contribution >= 4 is 11.8 Å². The van der Waals surface area contributed by atoms with E-state index in [0.29, 0.717) is 25.4 Å². The molecule has 1 aliphatic heterocycles. The first kappa shape index (κ1) is 14.2. The van der Waals surface area contributed by atoms with Crippen LogP contribution in [0.3, 0.4) is 0 Å². The Balaban J connectivity index is 1.41. The molecule has 1 aromatic heterocycles. The normalized spacial score (nSPS) is 16.1. The first-order valence-electron chi connectivity index (χ1n) is 7.00. The Morgan fingerprint density at radius 3 is 3.00 bits per heavy atom. The molecule has 116 valence electrons. The molecule has 0 fully saturated rings. The lowest BCUT2D eigenvalue weighted by Gasteiger charge is -2.26. The molecule has 2 aromatic rings. The number of nitrogens with one attached hydrogen (secondary N) is 2. The van der Waals surface area contributed by atoms with Gasteiger partial charge in [-0.15, -0.1) is 5.10 Å². The molecule has 0 saturated heterocycles. The molecule has 0 aliphatic carbocycles. The Morgan fingerprint density at radius 1 is 1.41 bits per heavy atom. The van der Waals surface area contributed by atoms with Crippen LogP contribution in [0, 0.1) is 0 Å². The van der Waals surface area contributed by atoms with Gasteiger partial charge in [0.05, 0.1) is 6.20 Å². The van der Waals surface area contributed by atoms with Gasteiger partial charge in [0.25, 0.3) is 0 Å². The van der Waals surface area contributed by atoms with Gasteiger partial charge < -0.3 is 14.8 Å². The van der Waals surface area contributed by atoms with E-state index in [0.717, 1.165) is 11.5 Å². The zero-order chi connectivity index (χ0) is 15.4. The Kier molecular flexibility index (Phi) is 4.08. The summed E-state index contributed by atoms with van der Waals surface area (Å²) < 4.78 is 12.9. The summed E-state index contributed by atoms with van der Waals surface area (Å²) in [4.78, 5) is 11.7. The van der Waals surface area contributed by atoms with Gasteiger partial charge in [0.2, 0.25) is 0 Å². The molecular formula is C14H17N5O3. The largest absolute Gasteiger partial charge is 0.486 e. The maximum atomic E-state index is 11.7. The van der Waals surface area contributed by atoms with Crippen LogP contribution in [-0.4, -0.2) is 40.3 Å². The second kappa shape index (κ2) is 6.33. The fourth-order valence-electron chi connectivity index (χ4n) is 2.12. The number of hydrogen-bond acceptors (Lipinski definition) is 5. The summed E-state index contributed by atoms with van der Waals surface area (Å²) in [5, 5.41) is 12.9. The SMILES string of the molecule is Cn1cc(NC(=O)NCC[C@@H]2COc3ccccc3O2)nn1. The predicted octanol–water partition coefficient (Wildman–Crippen LogP) is 1.17. The van der Waals surface area contributed by atoms with E-state index in [2.05, 4.69) is 20.9 Å². The first-order chi connectivity index (χ1) is 10.7. The van der Waals surface area contributed by atoms with Crippen LogP contribution < -0.4 is 20.1 Å². The first-order valence-corrected chi connectivity index (χ1v) is 7.00. The zero-order valence-electron chi connectivity index (χ0n) is 12.2. The zero-order valence-corrected chi connectivity index (χ0v) is 12.2. The van der Waals surface area contributed by atoms with E-state index in [1.54, 1.807) is 13.2 Å². The highest BCUT2D eigenvalue weighted by atomic mass is 16.6. The number of fused-ring (bicyclic) bond motifs is 1. The number of benzene rings is 1. The Hall–Kier alpha value is -2.77. The fourth-order valence-corrected chi connectivity index (χ4v) is 2.12. The minimum absolute atomic E-state index is 0.0771. The van der Waals surface area contributed by atoms with E-state index in [1.165, 1.54) is 4.68 Å². The van der Waals surface area contributed by atoms with Crippen LogP contribution in [0.1, 0.15) is 6.42 Å². The van der Waals surface area contributed by atoms with Gasteiger partial charge in [0.15, 0.2) is 17.3 Å². The smallest absolute Gasteiger partial charge is 0.320 e. The lowest BCUT2D eigenvalue weighted by Crippen LogP contribution is -2.35. The molecule has 22 heavy (non-hydrogen) atoms. The summed E-state index contributed by atoms with van der Waals surface area (Å²) >= 11 is 0. The molecule has 2 N–H and O–H groups in total. The maximum Gasteiger partial charge on any atom is 0.320 e. The summed E-state index contributed by atoms with van der Waals surface area (Å²) in [5.41, 5.74) is 0. The average molecular weight is 303 g/mol. The fraction of sp³-hybridized carbons (Fsp3) is 0.357. The molecule has 0 unspecified atom stereocenters. The third kappa shape index (κ3) is 3.46. The summed E-state index contributed by atoms with van der Waals surface area (Å²) in [6.07, 6.45) is 2.20. The van der Waals surface area contributed by atoms with Crippen LogP contribution >= 0.6 is 0 Å². The van der Waals surface area contributed by atoms with Crippen LogP contribution in [0.25, 0.3) is 0 Å². The van der Waals surface area contributed by atoms with Crippen molar-refractivity contribution in [3.8, 4) is 11.5 Å². The number of para-hydroxylation sites is 2. The number of urea groups is 1. The van der Waals surface area contributed by atoms with Gasteiger partial charge in [-0.1, -0.05) is 17.3 Å². The molecule has 8 nitrogen and oxygen atoms in total. The molecule has 3 rings (SSSR count). The number of nitrogens with zero attached hydrogens (tertiary/aromatic N) is 3. The topological polar surface area (TPSA) is 90.3 Å². The van der Waals surface area contributed by atoms with Gasteiger partial charge in [0, 0.05) is 20.0 Å². The average Bonchev–Trinajstić information content (AvgIpc) is 2.92. The molecular weight excluding hydrogens is 286 g/mol. The van der Waals surface area contributed by atoms with Crippen LogP contribution in [-0.2, 0) is 7.05 Å². The standard InChI is InChI=1S/C14H17N5O3/c1-19-8-13(17-18-19)16-14(20)15-7-6-10-9-21-11-4-2-3-5-12(11)22-10/h2-5,8,10H,6-7,9H2,1H3,(H2,15,16,20)/t10-/m1/s1. The van der Waals surface area contributed by atoms with Crippen LogP contribution in [0.4, 0.5) is 10.6 Å². The van der Waals surface area contributed by atoms with Gasteiger partial charge in [-0.2, -0.15) is 0 Å². The molecule has 0 bridgehead atoms. The number of anilines is 1. The van der Waals surface area contributed by atoms with Gasteiger partial charge in [0.1, 0.15) is 12.7 Å². The van der Waals surface area contributed by atoms with E-state index in [4.69, 9.17) is 9.47 Å². The van der Waals surface area contributed by atoms with E-state index >= 15 is 0 Å². The molecule has 0 spiro atoms. The van der Waals surface area contributed by atoms with Crippen molar-refractivity contribution in [1.29, 1.82) is 0 Å². The quantitative estimate of drug-likeness (QED) is 0.884. The maximum absolute atomic E-state index is 11.7. The summed E-state index contributed by atoms with van der Waals surface area (Å²) in [6, 6.07) is 7.23. The van der Waals surface area contributed by atoms with E-state index in [1.807, 2.05) is 24.3 Å². The Bertz CT molecular complexity index is 657. The van der Waals surface area contributed by atoms with Crippen molar-refractivity contribution in [2.75, 3.05) is 18.5 Å². The van der Waals surface area contributed by atoms with Crippen molar-refractivity contribution in [3.05, 3.63) is 30.5 Å². The monoisotopic (exact) mass is 303 g/mol. The number of amides is 2. The molecule has 1 aliphatic rings. The van der Waals surface area contributed by atoms with E-state index in [-0.39, 0.29) is 12.1 Å². The number of hydrogen-bond donors (Lipinski definition) is 2. The lowest BCUT2D eigenvalue weighted by atomic mass is 10.2. The third-order valence-corrected chi connectivity index (χ3v) is 3.16. The summed E-state index contributed by atoms with van der Waals surface area (Å²) in [6.45, 7) is 0.951. The number of ether oxygens (including phenoxy) is 2. The highest BCUT2D eigenvalue weighted by Gasteiger charge is 2.20. The molecule has 1 aromatic carbocycles. The van der Waals surface area contributed by atoms with E-state index in [9.17, 15) is 4.79 Å². The van der Waals surface area contributed by atoms with Gasteiger partial charge >= 0.3 is 6.03 Å². The van der Waals surface area contributed by atoms with Crippen molar-refractivity contribution in [2.24, 2.45) is 7.05 Å². The number of aryl methyl sites for hydroxylation is 1. The molecule has 8 heteroatoms. The second-order valence-electron chi connectivity index (χ2n) is 4.94. The van der Waals surface area contributed by atoms with Crippen molar-refractivity contribution in [3.63, 3.8) is 0 Å². The summed E-state index contributed by atoms with van der Waals surface area (Å²) in [5.74, 6) is 1.90. The van der Waals surface area contributed by atoms with E-state index < -0.39 is 0 Å². The number of carbonyl (C=O) groups excluding carboxylic acids is 1. The highest BCUT2D eigenvalue weighted by Crippen LogP contribution is 2.31. The Morgan fingerprint density at radius 2 is 2.23 bits per heavy atom. The second-order valence-corrected chi connectivity index (χ2v) is 4.94. The minimum Gasteiger partial charge on any atom is -0.486 e. The highest BCUT2D eigenvalue weighted by molar-refractivity contribution is 5.87. The molecule has 2 amide bonds. The molecule has 1 atom stereocenters. The minimum atomic E-state index is -0.322. The number of carbonyl (C=O) groups is 1. The summed E-state index contributed by atoms with van der Waals surface area (Å²) in [7, 11) is 1.73. The van der Waals surface area contributed by atoms with Crippen molar-refractivity contribution in [1.82, 2.24) is 20.3 Å². The third-order valence-electron chi connectivity index (χ3n) is 3.16. The number of aromatic nitrogens is 3. The lowest BCUT2D eigenvalue weighted by molar-refractivity contribution is 0.0854. The van der Waals surface area contributed by atoms with Crippen molar-refractivity contribution in [2.45, 2.75) is 12.5 Å². The van der Waals surface area contributed by atoms with Crippen LogP contribution in [0.5, 0.6) is 11.5 Å². The van der Waals surface area contributed by atoms with Crippen LogP contribution in [0.2, 0.25) is 0 Å².